The molecule has 0 heterocycles. The molecule has 22 heavy (non-hydrogen) atoms. The lowest BCUT2D eigenvalue weighted by molar-refractivity contribution is -0.384. The van der Waals surface area contributed by atoms with Crippen LogP contribution in [-0.2, 0) is 11.2 Å². The van der Waals surface area contributed by atoms with Crippen LogP contribution in [0.1, 0.15) is 32.8 Å². The molecule has 0 radical (unpaired) electrons. The van der Waals surface area contributed by atoms with Gasteiger partial charge in [0.15, 0.2) is 0 Å². The SMILES string of the molecule is CC(C)(C)OC(=O)N[C@H](CC#N)Cc1ccc([N+](=O)[O-])cc1. The third-order valence-electron chi connectivity index (χ3n) is 2.69. The predicted molar refractivity (Wildman–Crippen MR) is 80.2 cm³/mol. The first kappa shape index (κ1) is 17.4. The normalized spacial score (nSPS) is 12.1. The van der Waals surface area contributed by atoms with E-state index < -0.39 is 22.7 Å². The van der Waals surface area contributed by atoms with E-state index in [0.717, 1.165) is 5.56 Å². The maximum atomic E-state index is 11.7. The molecule has 7 nitrogen and oxygen atoms in total. The Morgan fingerprint density at radius 1 is 1.41 bits per heavy atom. The van der Waals surface area contributed by atoms with Crippen LogP contribution < -0.4 is 5.32 Å². The average molecular weight is 305 g/mol. The van der Waals surface area contributed by atoms with E-state index in [1.165, 1.54) is 12.1 Å². The highest BCUT2D eigenvalue weighted by Crippen LogP contribution is 2.14. The third-order valence-corrected chi connectivity index (χ3v) is 2.69. The van der Waals surface area contributed by atoms with Crippen molar-refractivity contribution in [2.24, 2.45) is 0 Å². The number of amides is 1. The van der Waals surface area contributed by atoms with Gasteiger partial charge in [0, 0.05) is 18.2 Å². The highest BCUT2D eigenvalue weighted by molar-refractivity contribution is 5.68. The van der Waals surface area contributed by atoms with Crippen LogP contribution in [0.4, 0.5) is 10.5 Å². The summed E-state index contributed by atoms with van der Waals surface area (Å²) in [4.78, 5) is 21.9. The van der Waals surface area contributed by atoms with Crippen molar-refractivity contribution in [3.8, 4) is 6.07 Å². The summed E-state index contributed by atoms with van der Waals surface area (Å²) < 4.78 is 5.15. The van der Waals surface area contributed by atoms with Crippen molar-refractivity contribution in [2.45, 2.75) is 45.3 Å². The molecule has 0 unspecified atom stereocenters. The number of nitrogens with zero attached hydrogens (tertiary/aromatic N) is 2. The van der Waals surface area contributed by atoms with Crippen molar-refractivity contribution in [1.29, 1.82) is 5.26 Å². The van der Waals surface area contributed by atoms with Gasteiger partial charge in [-0.1, -0.05) is 12.1 Å². The van der Waals surface area contributed by atoms with Gasteiger partial charge in [0.25, 0.3) is 5.69 Å². The lowest BCUT2D eigenvalue weighted by Gasteiger charge is -2.22. The molecule has 1 aromatic rings. The Labute approximate surface area is 129 Å². The number of hydrogen-bond donors (Lipinski definition) is 1. The number of nitriles is 1. The minimum Gasteiger partial charge on any atom is -0.444 e. The van der Waals surface area contributed by atoms with Crippen LogP contribution >= 0.6 is 0 Å². The van der Waals surface area contributed by atoms with Crippen molar-refractivity contribution < 1.29 is 14.5 Å². The Morgan fingerprint density at radius 2 is 2.00 bits per heavy atom. The molecule has 1 atom stereocenters. The lowest BCUT2D eigenvalue weighted by atomic mass is 10.0. The van der Waals surface area contributed by atoms with Crippen LogP contribution in [-0.4, -0.2) is 22.7 Å². The molecule has 0 spiro atoms. The number of hydrogen-bond acceptors (Lipinski definition) is 5. The van der Waals surface area contributed by atoms with Gasteiger partial charge in [0.1, 0.15) is 5.60 Å². The molecule has 0 aliphatic carbocycles. The molecule has 0 saturated carbocycles. The second kappa shape index (κ2) is 7.41. The Kier molecular flexibility index (Phi) is 5.87. The van der Waals surface area contributed by atoms with Crippen molar-refractivity contribution in [2.75, 3.05) is 0 Å². The molecule has 0 bridgehead atoms. The van der Waals surface area contributed by atoms with E-state index in [2.05, 4.69) is 5.32 Å². The van der Waals surface area contributed by atoms with Crippen LogP contribution in [0.5, 0.6) is 0 Å². The van der Waals surface area contributed by atoms with Gasteiger partial charge < -0.3 is 10.1 Å². The molecule has 0 aromatic heterocycles. The van der Waals surface area contributed by atoms with Gasteiger partial charge in [-0.25, -0.2) is 4.79 Å². The maximum Gasteiger partial charge on any atom is 0.407 e. The summed E-state index contributed by atoms with van der Waals surface area (Å²) in [5.41, 5.74) is 0.178. The standard InChI is InChI=1S/C15H19N3O4/c1-15(2,3)22-14(19)17-12(8-9-16)10-11-4-6-13(7-5-11)18(20)21/h4-7,12H,8,10H2,1-3H3,(H,17,19)/t12-/m1/s1. The summed E-state index contributed by atoms with van der Waals surface area (Å²) >= 11 is 0. The minimum atomic E-state index is -0.616. The molecule has 1 amide bonds. The maximum absolute atomic E-state index is 11.7. The molecule has 0 aliphatic heterocycles. The zero-order valence-electron chi connectivity index (χ0n) is 12.8. The molecule has 1 N–H and O–H groups in total. The molecular weight excluding hydrogens is 286 g/mol. The van der Waals surface area contributed by atoms with Gasteiger partial charge in [-0.3, -0.25) is 10.1 Å². The average Bonchev–Trinajstić information content (AvgIpc) is 2.37. The van der Waals surface area contributed by atoms with E-state index >= 15 is 0 Å². The van der Waals surface area contributed by atoms with E-state index in [0.29, 0.717) is 6.42 Å². The van der Waals surface area contributed by atoms with E-state index in [1.807, 2.05) is 6.07 Å². The van der Waals surface area contributed by atoms with Gasteiger partial charge in [-0.15, -0.1) is 0 Å². The summed E-state index contributed by atoms with van der Waals surface area (Å²) in [7, 11) is 0. The number of nitrogens with one attached hydrogen (secondary N) is 1. The van der Waals surface area contributed by atoms with Gasteiger partial charge in [0.2, 0.25) is 0 Å². The fourth-order valence-corrected chi connectivity index (χ4v) is 1.80. The van der Waals surface area contributed by atoms with Gasteiger partial charge in [-0.2, -0.15) is 5.26 Å². The second-order valence-electron chi connectivity index (χ2n) is 5.83. The number of carbonyl (C=O) groups is 1. The number of benzene rings is 1. The fraction of sp³-hybridized carbons (Fsp3) is 0.467. The lowest BCUT2D eigenvalue weighted by Crippen LogP contribution is -2.40. The van der Waals surface area contributed by atoms with Crippen LogP contribution in [0, 0.1) is 21.4 Å². The zero-order valence-corrected chi connectivity index (χ0v) is 12.8. The van der Waals surface area contributed by atoms with Gasteiger partial charge in [0.05, 0.1) is 17.4 Å². The molecule has 7 heteroatoms. The minimum absolute atomic E-state index is 0.000634. The van der Waals surface area contributed by atoms with Crippen LogP contribution in [0.25, 0.3) is 0 Å². The van der Waals surface area contributed by atoms with E-state index in [4.69, 9.17) is 10.00 Å². The van der Waals surface area contributed by atoms with Gasteiger partial charge in [-0.05, 0) is 32.8 Å². The van der Waals surface area contributed by atoms with Crippen molar-refractivity contribution in [1.82, 2.24) is 5.32 Å². The summed E-state index contributed by atoms with van der Waals surface area (Å²) in [5, 5.41) is 22.1. The van der Waals surface area contributed by atoms with E-state index in [1.54, 1.807) is 32.9 Å². The molecule has 1 aromatic carbocycles. The number of alkyl carbamates (subject to hydrolysis) is 1. The highest BCUT2D eigenvalue weighted by Gasteiger charge is 2.20. The Balaban J connectivity index is 2.69. The molecule has 118 valence electrons. The third kappa shape index (κ3) is 6.22. The van der Waals surface area contributed by atoms with Crippen molar-refractivity contribution in [3.05, 3.63) is 39.9 Å². The first-order valence-electron chi connectivity index (χ1n) is 6.81. The first-order chi connectivity index (χ1) is 10.2. The first-order valence-corrected chi connectivity index (χ1v) is 6.81. The highest BCUT2D eigenvalue weighted by atomic mass is 16.6. The Hall–Kier alpha value is -2.62. The zero-order chi connectivity index (χ0) is 16.8. The summed E-state index contributed by atoms with van der Waals surface area (Å²) in [6.07, 6.45) is -0.0734. The van der Waals surface area contributed by atoms with Crippen LogP contribution in [0.3, 0.4) is 0 Å². The number of nitro groups is 1. The van der Waals surface area contributed by atoms with Crippen LogP contribution in [0.2, 0.25) is 0 Å². The van der Waals surface area contributed by atoms with Crippen LogP contribution in [0.15, 0.2) is 24.3 Å². The quantitative estimate of drug-likeness (QED) is 0.665. The second-order valence-corrected chi connectivity index (χ2v) is 5.83. The molecule has 0 fully saturated rings. The number of ether oxygens (including phenoxy) is 1. The number of carbonyl (C=O) groups excluding carboxylic acids is 1. The molecule has 0 aliphatic rings. The topological polar surface area (TPSA) is 105 Å². The molecule has 1 rings (SSSR count). The molecule has 0 saturated heterocycles. The van der Waals surface area contributed by atoms with E-state index in [-0.39, 0.29) is 12.1 Å². The van der Waals surface area contributed by atoms with Crippen molar-refractivity contribution >= 4 is 11.8 Å². The fourth-order valence-electron chi connectivity index (χ4n) is 1.80. The number of nitro benzene ring substituents is 1. The van der Waals surface area contributed by atoms with Gasteiger partial charge >= 0.3 is 6.09 Å². The number of rotatable bonds is 5. The Bertz CT molecular complexity index is 570. The summed E-state index contributed by atoms with van der Waals surface area (Å²) in [6, 6.07) is 7.60. The largest absolute Gasteiger partial charge is 0.444 e. The molecular formula is C15H19N3O4. The van der Waals surface area contributed by atoms with Crippen molar-refractivity contribution in [3.63, 3.8) is 0 Å². The number of non-ortho nitro benzene ring substituents is 1. The van der Waals surface area contributed by atoms with E-state index in [9.17, 15) is 14.9 Å². The Morgan fingerprint density at radius 3 is 2.45 bits per heavy atom. The monoisotopic (exact) mass is 305 g/mol. The predicted octanol–water partition coefficient (Wildman–Crippen LogP) is 2.94. The summed E-state index contributed by atoms with van der Waals surface area (Å²) in [6.45, 7) is 5.26. The summed E-state index contributed by atoms with van der Waals surface area (Å²) in [5.74, 6) is 0. The smallest absolute Gasteiger partial charge is 0.407 e.